The molecule has 4 nitrogen and oxygen atoms in total. The van der Waals surface area contributed by atoms with Crippen molar-refractivity contribution in [2.45, 2.75) is 38.0 Å². The van der Waals surface area contributed by atoms with E-state index < -0.39 is 0 Å². The number of carbonyl (C=O) groups excluding carboxylic acids is 1. The number of halogens is 1. The quantitative estimate of drug-likeness (QED) is 0.581. The van der Waals surface area contributed by atoms with Crippen LogP contribution in [0.25, 0.3) is 11.3 Å². The molecular weight excluding hydrogens is 377 g/mol. The zero-order valence-electron chi connectivity index (χ0n) is 17.0. The molecule has 154 valence electrons. The molecule has 0 radical (unpaired) electrons. The molecule has 1 aliphatic heterocycles. The number of benzene rings is 2. The molecule has 0 spiro atoms. The molecule has 2 heterocycles. The van der Waals surface area contributed by atoms with Crippen LogP contribution in [0.5, 0.6) is 0 Å². The van der Waals surface area contributed by atoms with Crippen LogP contribution in [0.2, 0.25) is 0 Å². The molecule has 1 fully saturated rings. The highest BCUT2D eigenvalue weighted by atomic mass is 19.1. The summed E-state index contributed by atoms with van der Waals surface area (Å²) in [7, 11) is 0. The number of aryl methyl sites for hydroxylation is 1. The molecule has 5 heteroatoms. The van der Waals surface area contributed by atoms with Crippen LogP contribution >= 0.6 is 0 Å². The highest BCUT2D eigenvalue weighted by molar-refractivity contribution is 5.76. The van der Waals surface area contributed by atoms with E-state index in [1.54, 1.807) is 24.5 Å². The third-order valence-electron chi connectivity index (χ3n) is 5.70. The second-order valence-electron chi connectivity index (χ2n) is 7.82. The van der Waals surface area contributed by atoms with E-state index in [1.165, 1.54) is 17.7 Å². The number of hydrogen-bond acceptors (Lipinski definition) is 3. The van der Waals surface area contributed by atoms with Crippen LogP contribution < -0.4 is 0 Å². The van der Waals surface area contributed by atoms with Gasteiger partial charge in [0.15, 0.2) is 0 Å². The number of carbonyl (C=O) groups is 1. The fourth-order valence-electron chi connectivity index (χ4n) is 4.15. The van der Waals surface area contributed by atoms with Crippen LogP contribution in [0.3, 0.4) is 0 Å². The topological polar surface area (TPSA) is 46.1 Å². The predicted octanol–water partition coefficient (Wildman–Crippen LogP) is 5.01. The summed E-state index contributed by atoms with van der Waals surface area (Å²) in [6, 6.07) is 16.6. The zero-order chi connectivity index (χ0) is 20.8. The molecule has 0 aliphatic carbocycles. The molecule has 3 aromatic rings. The fraction of sp³-hybridized carbons (Fsp3) is 0.320. The number of aromatic nitrogens is 2. The van der Waals surface area contributed by atoms with E-state index in [4.69, 9.17) is 0 Å². The van der Waals surface area contributed by atoms with Crippen molar-refractivity contribution in [3.05, 3.63) is 84.1 Å². The van der Waals surface area contributed by atoms with Crippen molar-refractivity contribution in [2.75, 3.05) is 13.1 Å². The van der Waals surface area contributed by atoms with Crippen LogP contribution in [-0.2, 0) is 11.2 Å². The van der Waals surface area contributed by atoms with Gasteiger partial charge < -0.3 is 4.90 Å². The summed E-state index contributed by atoms with van der Waals surface area (Å²) < 4.78 is 13.3. The molecule has 1 aromatic heterocycles. The fourth-order valence-corrected chi connectivity index (χ4v) is 4.15. The van der Waals surface area contributed by atoms with Crippen molar-refractivity contribution in [1.29, 1.82) is 0 Å². The first-order chi connectivity index (χ1) is 14.7. The highest BCUT2D eigenvalue weighted by Crippen LogP contribution is 2.32. The van der Waals surface area contributed by atoms with E-state index in [0.717, 1.165) is 49.2 Å². The molecule has 1 unspecified atom stereocenters. The summed E-state index contributed by atoms with van der Waals surface area (Å²) in [5.41, 5.74) is 3.79. The van der Waals surface area contributed by atoms with Gasteiger partial charge in [0.05, 0.1) is 11.4 Å². The summed E-state index contributed by atoms with van der Waals surface area (Å²) in [4.78, 5) is 23.9. The van der Waals surface area contributed by atoms with Gasteiger partial charge in [-0.1, -0.05) is 30.3 Å². The second kappa shape index (κ2) is 9.61. The number of nitrogens with zero attached hydrogens (tertiary/aromatic N) is 3. The molecule has 1 saturated heterocycles. The number of hydrogen-bond donors (Lipinski definition) is 0. The van der Waals surface area contributed by atoms with Gasteiger partial charge in [-0.3, -0.25) is 14.8 Å². The van der Waals surface area contributed by atoms with Crippen molar-refractivity contribution in [1.82, 2.24) is 14.9 Å². The standard InChI is InChI=1S/C25H26FN3O/c26-22-13-11-20(12-14-22)24-25(28-16-15-27-24)21-9-5-17-29(18-21)23(30)10-4-8-19-6-2-1-3-7-19/h1-3,6-7,11-16,21H,4-5,8-10,17-18H2. The molecule has 0 N–H and O–H groups in total. The van der Waals surface area contributed by atoms with Crippen LogP contribution in [0.1, 0.15) is 42.9 Å². The smallest absolute Gasteiger partial charge is 0.222 e. The lowest BCUT2D eigenvalue weighted by Crippen LogP contribution is -2.39. The molecule has 1 aliphatic rings. The number of likely N-dealkylation sites (tertiary alicyclic amines) is 1. The minimum atomic E-state index is -0.269. The van der Waals surface area contributed by atoms with E-state index in [9.17, 15) is 9.18 Å². The van der Waals surface area contributed by atoms with E-state index in [2.05, 4.69) is 22.1 Å². The third kappa shape index (κ3) is 4.90. The second-order valence-corrected chi connectivity index (χ2v) is 7.82. The first kappa shape index (κ1) is 20.2. The van der Waals surface area contributed by atoms with E-state index in [-0.39, 0.29) is 17.6 Å². The van der Waals surface area contributed by atoms with E-state index in [1.807, 2.05) is 23.1 Å². The van der Waals surface area contributed by atoms with Crippen molar-refractivity contribution in [2.24, 2.45) is 0 Å². The predicted molar refractivity (Wildman–Crippen MR) is 115 cm³/mol. The Hall–Kier alpha value is -3.08. The number of piperidine rings is 1. The van der Waals surface area contributed by atoms with Gasteiger partial charge in [-0.25, -0.2) is 4.39 Å². The molecule has 0 bridgehead atoms. The summed E-state index contributed by atoms with van der Waals surface area (Å²) in [5, 5.41) is 0. The number of rotatable bonds is 6. The molecule has 2 aromatic carbocycles. The largest absolute Gasteiger partial charge is 0.342 e. The van der Waals surface area contributed by atoms with Gasteiger partial charge >= 0.3 is 0 Å². The first-order valence-electron chi connectivity index (χ1n) is 10.6. The Bertz CT molecular complexity index is 975. The summed E-state index contributed by atoms with van der Waals surface area (Å²) in [5.74, 6) is 0.0857. The molecule has 0 saturated carbocycles. The number of amides is 1. The maximum atomic E-state index is 13.3. The highest BCUT2D eigenvalue weighted by Gasteiger charge is 2.27. The molecule has 1 atom stereocenters. The average molecular weight is 404 g/mol. The Balaban J connectivity index is 1.41. The summed E-state index contributed by atoms with van der Waals surface area (Å²) in [6.07, 6.45) is 7.63. The van der Waals surface area contributed by atoms with Gasteiger partial charge in [-0.2, -0.15) is 0 Å². The van der Waals surface area contributed by atoms with Crippen LogP contribution in [0.15, 0.2) is 67.0 Å². The van der Waals surface area contributed by atoms with Gasteiger partial charge in [-0.15, -0.1) is 0 Å². The normalized spacial score (nSPS) is 16.4. The summed E-state index contributed by atoms with van der Waals surface area (Å²) >= 11 is 0. The molecule has 1 amide bonds. The Morgan fingerprint density at radius 3 is 2.60 bits per heavy atom. The molecule has 30 heavy (non-hydrogen) atoms. The van der Waals surface area contributed by atoms with E-state index in [0.29, 0.717) is 13.0 Å². The zero-order valence-corrected chi connectivity index (χ0v) is 17.0. The van der Waals surface area contributed by atoms with Crippen LogP contribution in [-0.4, -0.2) is 33.9 Å². The van der Waals surface area contributed by atoms with Gasteiger partial charge in [0.25, 0.3) is 0 Å². The van der Waals surface area contributed by atoms with Crippen molar-refractivity contribution in [3.63, 3.8) is 0 Å². The monoisotopic (exact) mass is 403 g/mol. The average Bonchev–Trinajstić information content (AvgIpc) is 2.80. The van der Waals surface area contributed by atoms with Gasteiger partial charge in [0.2, 0.25) is 5.91 Å². The maximum Gasteiger partial charge on any atom is 0.222 e. The van der Waals surface area contributed by atoms with Gasteiger partial charge in [0.1, 0.15) is 5.82 Å². The van der Waals surface area contributed by atoms with E-state index >= 15 is 0 Å². The Morgan fingerprint density at radius 1 is 1.03 bits per heavy atom. The Kier molecular flexibility index (Phi) is 6.47. The maximum absolute atomic E-state index is 13.3. The Labute approximate surface area is 176 Å². The van der Waals surface area contributed by atoms with Crippen LogP contribution in [0.4, 0.5) is 4.39 Å². The lowest BCUT2D eigenvalue weighted by atomic mass is 9.91. The van der Waals surface area contributed by atoms with Crippen LogP contribution in [0, 0.1) is 5.82 Å². The minimum Gasteiger partial charge on any atom is -0.342 e. The summed E-state index contributed by atoms with van der Waals surface area (Å²) in [6.45, 7) is 1.46. The van der Waals surface area contributed by atoms with Crippen molar-refractivity contribution >= 4 is 5.91 Å². The lowest BCUT2D eigenvalue weighted by Gasteiger charge is -2.33. The molecule has 4 rings (SSSR count). The first-order valence-corrected chi connectivity index (χ1v) is 10.6. The molecular formula is C25H26FN3O. The third-order valence-corrected chi connectivity index (χ3v) is 5.70. The SMILES string of the molecule is O=C(CCCc1ccccc1)N1CCCC(c2nccnc2-c2ccc(F)cc2)C1. The Morgan fingerprint density at radius 2 is 1.80 bits per heavy atom. The van der Waals surface area contributed by atoms with Gasteiger partial charge in [-0.05, 0) is 55.5 Å². The van der Waals surface area contributed by atoms with Gasteiger partial charge in [0, 0.05) is 43.4 Å². The van der Waals surface area contributed by atoms with Crippen molar-refractivity contribution in [3.8, 4) is 11.3 Å². The van der Waals surface area contributed by atoms with Crippen molar-refractivity contribution < 1.29 is 9.18 Å². The lowest BCUT2D eigenvalue weighted by molar-refractivity contribution is -0.132. The minimum absolute atomic E-state index is 0.144.